The summed E-state index contributed by atoms with van der Waals surface area (Å²) in [5, 5.41) is 3.64. The molecule has 1 aliphatic heterocycles. The number of anilines is 1. The van der Waals surface area contributed by atoms with Gasteiger partial charge in [0.05, 0.1) is 17.0 Å². The predicted molar refractivity (Wildman–Crippen MR) is 75.6 cm³/mol. The molecule has 1 aromatic carbocycles. The van der Waals surface area contributed by atoms with Crippen molar-refractivity contribution in [2.24, 2.45) is 5.16 Å². The van der Waals surface area contributed by atoms with Crippen LogP contribution in [0.3, 0.4) is 0 Å². The van der Waals surface area contributed by atoms with E-state index in [0.29, 0.717) is 11.3 Å². The maximum Gasteiger partial charge on any atom is 0.367 e. The van der Waals surface area contributed by atoms with Crippen LogP contribution in [0.1, 0.15) is 12.5 Å². The van der Waals surface area contributed by atoms with Gasteiger partial charge in [0.2, 0.25) is 0 Å². The van der Waals surface area contributed by atoms with Crippen LogP contribution in [0.25, 0.3) is 6.08 Å². The summed E-state index contributed by atoms with van der Waals surface area (Å²) in [6.45, 7) is 1.75. The van der Waals surface area contributed by atoms with Crippen LogP contribution < -0.4 is 4.90 Å². The number of hydrogen-bond acceptors (Lipinski definition) is 4. The molecule has 0 aromatic heterocycles. The number of benzene rings is 1. The minimum absolute atomic E-state index is 0.402. The quantitative estimate of drug-likeness (QED) is 0.623. The molecule has 0 fully saturated rings. The molecule has 0 saturated heterocycles. The average molecular weight is 309 g/mol. The minimum Gasteiger partial charge on any atom is -0.377 e. The molecule has 0 spiro atoms. The van der Waals surface area contributed by atoms with E-state index in [4.69, 9.17) is 0 Å². The monoisotopic (exact) mass is 308 g/mol. The molecule has 1 aromatic rings. The Morgan fingerprint density at radius 2 is 2.11 bits per heavy atom. The van der Waals surface area contributed by atoms with Crippen molar-refractivity contribution in [3.63, 3.8) is 0 Å². The van der Waals surface area contributed by atoms with Crippen molar-refractivity contribution < 1.29 is 9.63 Å². The van der Waals surface area contributed by atoms with E-state index in [1.165, 1.54) is 0 Å². The first kappa shape index (κ1) is 12.8. The summed E-state index contributed by atoms with van der Waals surface area (Å²) >= 11 is 3.51. The zero-order chi connectivity index (χ0) is 13.3. The minimum atomic E-state index is -0.402. The Morgan fingerprint density at radius 3 is 2.61 bits per heavy atom. The highest BCUT2D eigenvalue weighted by Gasteiger charge is 2.21. The first-order valence-electron chi connectivity index (χ1n) is 5.44. The van der Waals surface area contributed by atoms with Crippen LogP contribution in [0.4, 0.5) is 5.69 Å². The molecule has 1 heterocycles. The Kier molecular flexibility index (Phi) is 3.52. The van der Waals surface area contributed by atoms with E-state index in [-0.39, 0.29) is 0 Å². The van der Waals surface area contributed by atoms with Gasteiger partial charge in [-0.15, -0.1) is 0 Å². The standard InChI is InChI=1S/C13H13BrN2O2/c1-8-10(13(17)18-15-8)6-9-4-5-12(16(2)3)11(14)7-9/h4-7H,1-3H3/b10-6+. The normalized spacial score (nSPS) is 16.8. The molecule has 4 nitrogen and oxygen atoms in total. The molecule has 94 valence electrons. The molecular weight excluding hydrogens is 296 g/mol. The summed E-state index contributed by atoms with van der Waals surface area (Å²) in [4.78, 5) is 18.0. The van der Waals surface area contributed by atoms with E-state index in [0.717, 1.165) is 15.7 Å². The average Bonchev–Trinajstić information content (AvgIpc) is 2.60. The smallest absolute Gasteiger partial charge is 0.367 e. The lowest BCUT2D eigenvalue weighted by Gasteiger charge is -2.14. The second-order valence-corrected chi connectivity index (χ2v) is 5.07. The van der Waals surface area contributed by atoms with Gasteiger partial charge >= 0.3 is 5.97 Å². The Labute approximate surface area is 114 Å². The molecule has 2 rings (SSSR count). The number of hydrogen-bond donors (Lipinski definition) is 0. The maximum atomic E-state index is 11.4. The van der Waals surface area contributed by atoms with Gasteiger partial charge in [-0.3, -0.25) is 0 Å². The van der Waals surface area contributed by atoms with Crippen LogP contribution in [0.15, 0.2) is 33.4 Å². The second kappa shape index (κ2) is 4.94. The highest BCUT2D eigenvalue weighted by atomic mass is 79.9. The molecule has 0 N–H and O–H groups in total. The van der Waals surface area contributed by atoms with Gasteiger partial charge < -0.3 is 9.74 Å². The van der Waals surface area contributed by atoms with Crippen molar-refractivity contribution in [3.8, 4) is 0 Å². The summed E-state index contributed by atoms with van der Waals surface area (Å²) < 4.78 is 0.975. The van der Waals surface area contributed by atoms with Gasteiger partial charge in [0.1, 0.15) is 0 Å². The largest absolute Gasteiger partial charge is 0.377 e. The molecule has 0 atom stereocenters. The lowest BCUT2D eigenvalue weighted by atomic mass is 10.1. The van der Waals surface area contributed by atoms with Crippen molar-refractivity contribution >= 4 is 39.4 Å². The molecule has 5 heteroatoms. The SMILES string of the molecule is CC1=NOC(=O)/C1=C/c1ccc(N(C)C)c(Br)c1. The number of carbonyl (C=O) groups excluding carboxylic acids is 1. The molecule has 0 bridgehead atoms. The van der Waals surface area contributed by atoms with E-state index in [1.54, 1.807) is 13.0 Å². The molecular formula is C13H13BrN2O2. The fourth-order valence-corrected chi connectivity index (χ4v) is 2.41. The third kappa shape index (κ3) is 2.46. The molecule has 0 unspecified atom stereocenters. The number of oxime groups is 1. The second-order valence-electron chi connectivity index (χ2n) is 4.22. The highest BCUT2D eigenvalue weighted by molar-refractivity contribution is 9.10. The maximum absolute atomic E-state index is 11.4. The lowest BCUT2D eigenvalue weighted by Crippen LogP contribution is -2.09. The van der Waals surface area contributed by atoms with Gasteiger partial charge in [0, 0.05) is 18.6 Å². The summed E-state index contributed by atoms with van der Waals surface area (Å²) in [6, 6.07) is 5.90. The number of carbonyl (C=O) groups is 1. The Balaban J connectivity index is 2.36. The van der Waals surface area contributed by atoms with Crippen molar-refractivity contribution in [1.82, 2.24) is 0 Å². The fourth-order valence-electron chi connectivity index (χ4n) is 1.66. The molecule has 0 amide bonds. The Morgan fingerprint density at radius 1 is 1.39 bits per heavy atom. The van der Waals surface area contributed by atoms with Crippen molar-refractivity contribution in [1.29, 1.82) is 0 Å². The Hall–Kier alpha value is -1.62. The van der Waals surface area contributed by atoms with Crippen LogP contribution in [-0.4, -0.2) is 25.8 Å². The molecule has 1 aliphatic rings. The topological polar surface area (TPSA) is 41.9 Å². The van der Waals surface area contributed by atoms with E-state index < -0.39 is 5.97 Å². The zero-order valence-corrected chi connectivity index (χ0v) is 12.0. The van der Waals surface area contributed by atoms with Gasteiger partial charge in [-0.2, -0.15) is 0 Å². The summed E-state index contributed by atoms with van der Waals surface area (Å²) in [6.07, 6.45) is 1.78. The van der Waals surface area contributed by atoms with Crippen molar-refractivity contribution in [2.75, 3.05) is 19.0 Å². The highest BCUT2D eigenvalue weighted by Crippen LogP contribution is 2.27. The number of halogens is 1. The summed E-state index contributed by atoms with van der Waals surface area (Å²) in [5.74, 6) is -0.402. The number of nitrogens with zero attached hydrogens (tertiary/aromatic N) is 2. The molecule has 0 saturated carbocycles. The van der Waals surface area contributed by atoms with Gasteiger partial charge in [-0.1, -0.05) is 11.2 Å². The summed E-state index contributed by atoms with van der Waals surface area (Å²) in [7, 11) is 3.95. The van der Waals surface area contributed by atoms with Crippen LogP contribution >= 0.6 is 15.9 Å². The Bertz CT molecular complexity index is 562. The van der Waals surface area contributed by atoms with Crippen molar-refractivity contribution in [3.05, 3.63) is 33.8 Å². The van der Waals surface area contributed by atoms with Crippen molar-refractivity contribution in [2.45, 2.75) is 6.92 Å². The third-order valence-corrected chi connectivity index (χ3v) is 3.27. The first-order chi connectivity index (χ1) is 8.49. The van der Waals surface area contributed by atoms with Gasteiger partial charge in [0.15, 0.2) is 0 Å². The van der Waals surface area contributed by atoms with E-state index in [9.17, 15) is 4.79 Å². The van der Waals surface area contributed by atoms with Gasteiger partial charge in [-0.05, 0) is 46.6 Å². The number of rotatable bonds is 2. The van der Waals surface area contributed by atoms with E-state index in [2.05, 4.69) is 25.9 Å². The van der Waals surface area contributed by atoms with Gasteiger partial charge in [-0.25, -0.2) is 4.79 Å². The van der Waals surface area contributed by atoms with Crippen LogP contribution in [0.5, 0.6) is 0 Å². The van der Waals surface area contributed by atoms with Crippen LogP contribution in [0.2, 0.25) is 0 Å². The first-order valence-corrected chi connectivity index (χ1v) is 6.23. The third-order valence-electron chi connectivity index (χ3n) is 2.64. The van der Waals surface area contributed by atoms with Crippen LogP contribution in [-0.2, 0) is 9.63 Å². The molecule has 0 aliphatic carbocycles. The zero-order valence-electron chi connectivity index (χ0n) is 10.4. The molecule has 18 heavy (non-hydrogen) atoms. The predicted octanol–water partition coefficient (Wildman–Crippen LogP) is 2.83. The van der Waals surface area contributed by atoms with E-state index in [1.807, 2.05) is 37.2 Å². The van der Waals surface area contributed by atoms with Crippen LogP contribution in [0, 0.1) is 0 Å². The fraction of sp³-hybridized carbons (Fsp3) is 0.231. The van der Waals surface area contributed by atoms with Gasteiger partial charge in [0.25, 0.3) is 0 Å². The summed E-state index contributed by atoms with van der Waals surface area (Å²) in [5.41, 5.74) is 3.11. The molecule has 0 radical (unpaired) electrons. The lowest BCUT2D eigenvalue weighted by molar-refractivity contribution is -0.136. The van der Waals surface area contributed by atoms with E-state index >= 15 is 0 Å².